The molecule has 0 radical (unpaired) electrons. The topological polar surface area (TPSA) is 83.0 Å². The van der Waals surface area contributed by atoms with Gasteiger partial charge in [0.2, 0.25) is 0 Å². The summed E-state index contributed by atoms with van der Waals surface area (Å²) in [7, 11) is 0. The van der Waals surface area contributed by atoms with E-state index in [4.69, 9.17) is 9.47 Å². The molecule has 6 heteroatoms. The van der Waals surface area contributed by atoms with E-state index in [0.29, 0.717) is 38.4 Å². The average molecular weight is 501 g/mol. The first-order chi connectivity index (χ1) is 17.3. The van der Waals surface area contributed by atoms with Crippen molar-refractivity contribution in [1.82, 2.24) is 10.6 Å². The highest BCUT2D eigenvalue weighted by Crippen LogP contribution is 2.23. The maximum Gasteiger partial charge on any atom is 0.122 e. The van der Waals surface area contributed by atoms with Crippen molar-refractivity contribution in [3.63, 3.8) is 0 Å². The third-order valence-electron chi connectivity index (χ3n) is 5.97. The van der Waals surface area contributed by atoms with Gasteiger partial charge in [-0.15, -0.1) is 0 Å². The van der Waals surface area contributed by atoms with E-state index in [9.17, 15) is 10.2 Å². The molecular formula is C30H48N2O4. The van der Waals surface area contributed by atoms with Crippen LogP contribution in [0.25, 0.3) is 0 Å². The van der Waals surface area contributed by atoms with Crippen molar-refractivity contribution < 1.29 is 19.7 Å². The van der Waals surface area contributed by atoms with Crippen molar-refractivity contribution >= 4 is 0 Å². The number of unbranched alkanes of at least 4 members (excludes halogenated alkanes) is 3. The molecule has 0 unspecified atom stereocenters. The van der Waals surface area contributed by atoms with Crippen LogP contribution in [0.5, 0.6) is 11.5 Å². The zero-order chi connectivity index (χ0) is 26.2. The molecule has 0 aliphatic carbocycles. The molecule has 2 aromatic rings. The summed E-state index contributed by atoms with van der Waals surface area (Å²) in [6, 6.07) is 17.0. The highest BCUT2D eigenvalue weighted by Gasteiger charge is 2.10. The highest BCUT2D eigenvalue weighted by molar-refractivity contribution is 5.34. The molecule has 36 heavy (non-hydrogen) atoms. The number of ether oxygens (including phenoxy) is 2. The quantitative estimate of drug-likeness (QED) is 0.213. The minimum Gasteiger partial charge on any atom is -0.491 e. The molecule has 0 saturated carbocycles. The summed E-state index contributed by atoms with van der Waals surface area (Å²) < 4.78 is 11.8. The molecule has 202 valence electrons. The Morgan fingerprint density at radius 3 is 1.39 bits per heavy atom. The van der Waals surface area contributed by atoms with Gasteiger partial charge in [-0.1, -0.05) is 76.9 Å². The van der Waals surface area contributed by atoms with Gasteiger partial charge in [-0.25, -0.2) is 0 Å². The number of rotatable bonds is 19. The highest BCUT2D eigenvalue weighted by atomic mass is 16.5. The Kier molecular flexibility index (Phi) is 14.5. The van der Waals surface area contributed by atoms with Crippen LogP contribution in [-0.2, 0) is 12.8 Å². The van der Waals surface area contributed by atoms with E-state index in [-0.39, 0.29) is 0 Å². The molecule has 0 bridgehead atoms. The second kappa shape index (κ2) is 17.4. The molecule has 2 aromatic carbocycles. The predicted octanol–water partition coefficient (Wildman–Crippen LogP) is 4.51. The number of benzene rings is 2. The number of nitrogens with one attached hydrogen (secondary N) is 2. The zero-order valence-corrected chi connectivity index (χ0v) is 22.7. The standard InChI is InChI=1S/C30H48N2O4/c1-23(2)31-19-27(33)21-35-29-17-11-9-15-25(29)13-7-5-6-8-14-26-16-10-12-18-30(26)36-22-28(34)20-32-24(3)4/h9-12,15-18,23-24,27-28,31-34H,5-8,13-14,19-22H2,1-4H3/t27-,28-/m0/s1. The largest absolute Gasteiger partial charge is 0.491 e. The summed E-state index contributed by atoms with van der Waals surface area (Å²) >= 11 is 0. The smallest absolute Gasteiger partial charge is 0.122 e. The van der Waals surface area contributed by atoms with Crippen LogP contribution in [0.3, 0.4) is 0 Å². The van der Waals surface area contributed by atoms with E-state index < -0.39 is 12.2 Å². The molecule has 0 aromatic heterocycles. The normalized spacial score (nSPS) is 13.2. The molecule has 0 amide bonds. The maximum absolute atomic E-state index is 10.1. The van der Waals surface area contributed by atoms with Gasteiger partial charge in [-0.05, 0) is 48.9 Å². The van der Waals surface area contributed by atoms with Crippen LogP contribution in [0.4, 0.5) is 0 Å². The Hall–Kier alpha value is -2.12. The van der Waals surface area contributed by atoms with Crippen molar-refractivity contribution in [3.8, 4) is 11.5 Å². The second-order valence-corrected chi connectivity index (χ2v) is 10.2. The fourth-order valence-electron chi connectivity index (χ4n) is 3.92. The second-order valence-electron chi connectivity index (χ2n) is 10.2. The fourth-order valence-corrected chi connectivity index (χ4v) is 3.92. The van der Waals surface area contributed by atoms with Crippen molar-refractivity contribution in [2.75, 3.05) is 26.3 Å². The summed E-state index contributed by atoms with van der Waals surface area (Å²) in [5.41, 5.74) is 2.40. The molecule has 6 nitrogen and oxygen atoms in total. The first-order valence-corrected chi connectivity index (χ1v) is 13.6. The molecule has 2 atom stereocenters. The van der Waals surface area contributed by atoms with E-state index in [2.05, 4.69) is 50.5 Å². The summed E-state index contributed by atoms with van der Waals surface area (Å²) in [6.45, 7) is 9.91. The van der Waals surface area contributed by atoms with Crippen LogP contribution in [0.1, 0.15) is 64.5 Å². The molecule has 0 aliphatic heterocycles. The Bertz CT molecular complexity index is 774. The minimum absolute atomic E-state index is 0.295. The van der Waals surface area contributed by atoms with Gasteiger partial charge in [0.05, 0.1) is 0 Å². The van der Waals surface area contributed by atoms with E-state index in [1.807, 2.05) is 36.4 Å². The molecule has 0 spiro atoms. The van der Waals surface area contributed by atoms with Crippen molar-refractivity contribution in [2.45, 2.75) is 90.5 Å². The average Bonchev–Trinajstić information content (AvgIpc) is 2.86. The van der Waals surface area contributed by atoms with E-state index in [1.165, 1.54) is 11.1 Å². The monoisotopic (exact) mass is 500 g/mol. The summed E-state index contributed by atoms with van der Waals surface area (Å²) in [5, 5.41) is 26.7. The summed E-state index contributed by atoms with van der Waals surface area (Å²) in [6.07, 6.45) is 5.41. The van der Waals surface area contributed by atoms with Gasteiger partial charge < -0.3 is 30.3 Å². The van der Waals surface area contributed by atoms with Crippen molar-refractivity contribution in [2.24, 2.45) is 0 Å². The lowest BCUT2D eigenvalue weighted by atomic mass is 10.0. The molecule has 0 fully saturated rings. The SMILES string of the molecule is CC(C)NC[C@H](O)COc1ccccc1CCCCCCc1ccccc1OC[C@@H](O)CNC(C)C. The third kappa shape index (κ3) is 12.7. The molecule has 0 heterocycles. The molecule has 4 N–H and O–H groups in total. The van der Waals surface area contributed by atoms with Crippen LogP contribution in [0.2, 0.25) is 0 Å². The molecule has 0 saturated heterocycles. The summed E-state index contributed by atoms with van der Waals surface area (Å²) in [4.78, 5) is 0. The Morgan fingerprint density at radius 1 is 0.611 bits per heavy atom. The number of hydrogen-bond acceptors (Lipinski definition) is 6. The van der Waals surface area contributed by atoms with Gasteiger partial charge in [0.15, 0.2) is 0 Å². The fraction of sp³-hybridized carbons (Fsp3) is 0.600. The lowest BCUT2D eigenvalue weighted by Crippen LogP contribution is -2.35. The lowest BCUT2D eigenvalue weighted by Gasteiger charge is -2.17. The van der Waals surface area contributed by atoms with Gasteiger partial charge in [-0.2, -0.15) is 0 Å². The van der Waals surface area contributed by atoms with E-state index in [1.54, 1.807) is 0 Å². The van der Waals surface area contributed by atoms with Gasteiger partial charge >= 0.3 is 0 Å². The molecule has 2 rings (SSSR count). The van der Waals surface area contributed by atoms with Crippen LogP contribution >= 0.6 is 0 Å². The number of aliphatic hydroxyl groups is 2. The number of hydrogen-bond donors (Lipinski definition) is 4. The summed E-state index contributed by atoms with van der Waals surface area (Å²) in [5.74, 6) is 1.75. The Labute approximate surface area is 218 Å². The first kappa shape index (κ1) is 30.1. The Morgan fingerprint density at radius 2 is 1.00 bits per heavy atom. The van der Waals surface area contributed by atoms with Crippen LogP contribution < -0.4 is 20.1 Å². The van der Waals surface area contributed by atoms with Crippen LogP contribution in [0.15, 0.2) is 48.5 Å². The van der Waals surface area contributed by atoms with Gasteiger partial charge in [-0.3, -0.25) is 0 Å². The van der Waals surface area contributed by atoms with Crippen molar-refractivity contribution in [3.05, 3.63) is 59.7 Å². The molecular weight excluding hydrogens is 452 g/mol. The lowest BCUT2D eigenvalue weighted by molar-refractivity contribution is 0.104. The van der Waals surface area contributed by atoms with Crippen molar-refractivity contribution in [1.29, 1.82) is 0 Å². The van der Waals surface area contributed by atoms with Gasteiger partial charge in [0.25, 0.3) is 0 Å². The number of para-hydroxylation sites is 2. The number of aryl methyl sites for hydroxylation is 2. The van der Waals surface area contributed by atoms with E-state index in [0.717, 1.165) is 50.0 Å². The number of aliphatic hydroxyl groups excluding tert-OH is 2. The molecule has 0 aliphatic rings. The minimum atomic E-state index is -0.521. The predicted molar refractivity (Wildman–Crippen MR) is 148 cm³/mol. The van der Waals surface area contributed by atoms with E-state index >= 15 is 0 Å². The van der Waals surface area contributed by atoms with Crippen LogP contribution in [-0.4, -0.2) is 60.8 Å². The zero-order valence-electron chi connectivity index (χ0n) is 22.7. The van der Waals surface area contributed by atoms with Gasteiger partial charge in [0, 0.05) is 25.2 Å². The first-order valence-electron chi connectivity index (χ1n) is 13.6. The Balaban J connectivity index is 1.69. The maximum atomic E-state index is 10.1. The van der Waals surface area contributed by atoms with Crippen LogP contribution in [0, 0.1) is 0 Å². The van der Waals surface area contributed by atoms with Gasteiger partial charge in [0.1, 0.15) is 36.9 Å². The third-order valence-corrected chi connectivity index (χ3v) is 5.97.